The summed E-state index contributed by atoms with van der Waals surface area (Å²) in [7, 11) is 0. The SMILES string of the molecule is CC(C)[O-].CC(C)[O-].CC(C)[O-].CCCCC(CC)C(=O)[O-].CCCCC(CC)C(=O)[O-].CCCCC(CC)C(=O)[O-].[In+3].[In+3]. The summed E-state index contributed by atoms with van der Waals surface area (Å²) in [4.78, 5) is 31.0. The van der Waals surface area contributed by atoms with Crippen molar-refractivity contribution in [3.63, 3.8) is 0 Å². The fourth-order valence-corrected chi connectivity index (χ4v) is 2.82. The van der Waals surface area contributed by atoms with Gasteiger partial charge in [0.2, 0.25) is 0 Å². The number of aliphatic carboxylic acids is 3. The Morgan fingerprint density at radius 3 is 0.636 bits per heavy atom. The van der Waals surface area contributed by atoms with Crippen LogP contribution in [0.25, 0.3) is 0 Å². The summed E-state index contributed by atoms with van der Waals surface area (Å²) >= 11 is 0. The standard InChI is InChI=1S/3C8H16O2.3C3H7O.2In/c3*1-3-5-6-7(4-2)8(9)10;3*1-3(2)4;;/h3*7H,3-6H2,1-2H3,(H,9,10);3*3H,1-2H3;;/q;;;3*-1;2*+3/p-3. The van der Waals surface area contributed by atoms with Crippen molar-refractivity contribution in [2.75, 3.05) is 0 Å². The Hall–Kier alpha value is 0.0303. The van der Waals surface area contributed by atoms with Crippen LogP contribution in [0.3, 0.4) is 0 Å². The molecule has 44 heavy (non-hydrogen) atoms. The molecule has 9 nitrogen and oxygen atoms in total. The van der Waals surface area contributed by atoms with Gasteiger partial charge < -0.3 is 45.0 Å². The molecule has 0 heterocycles. The van der Waals surface area contributed by atoms with Gasteiger partial charge in [-0.3, -0.25) is 0 Å². The monoisotopic (exact) mass is 836 g/mol. The van der Waals surface area contributed by atoms with E-state index in [1.165, 1.54) is 0 Å². The van der Waals surface area contributed by atoms with E-state index in [9.17, 15) is 45.0 Å². The van der Waals surface area contributed by atoms with E-state index in [-0.39, 0.29) is 69.4 Å². The fourth-order valence-electron chi connectivity index (χ4n) is 2.82. The maximum atomic E-state index is 10.3. The summed E-state index contributed by atoms with van der Waals surface area (Å²) in [6.45, 7) is 21.5. The molecule has 11 heteroatoms. The number of hydrogen-bond acceptors (Lipinski definition) is 9. The quantitative estimate of drug-likeness (QED) is 0.235. The summed E-state index contributed by atoms with van der Waals surface area (Å²) in [5.41, 5.74) is 0. The molecule has 0 aliphatic heterocycles. The molecule has 0 radical (unpaired) electrons. The number of carbonyl (C=O) groups is 3. The number of carboxylic acids is 3. The molecule has 0 aromatic carbocycles. The Bertz CT molecular complexity index is 477. The van der Waals surface area contributed by atoms with E-state index in [1.54, 1.807) is 41.5 Å². The maximum absolute atomic E-state index is 10.3. The smallest absolute Gasteiger partial charge is 0.852 e. The third kappa shape index (κ3) is 78.5. The summed E-state index contributed by atoms with van der Waals surface area (Å²) in [6, 6.07) is 0. The molecule has 3 unspecified atom stereocenters. The van der Waals surface area contributed by atoms with Crippen LogP contribution >= 0.6 is 0 Å². The van der Waals surface area contributed by atoms with E-state index in [4.69, 9.17) is 0 Å². The van der Waals surface area contributed by atoms with Crippen molar-refractivity contribution in [1.82, 2.24) is 0 Å². The molecular formula is C33H66In2O9. The van der Waals surface area contributed by atoms with Gasteiger partial charge in [0.25, 0.3) is 0 Å². The van der Waals surface area contributed by atoms with Crippen molar-refractivity contribution in [3.05, 3.63) is 0 Å². The van der Waals surface area contributed by atoms with Gasteiger partial charge in [-0.2, -0.15) is 0 Å². The molecule has 0 N–H and O–H groups in total. The van der Waals surface area contributed by atoms with Crippen LogP contribution in [0.5, 0.6) is 0 Å². The Morgan fingerprint density at radius 2 is 0.568 bits per heavy atom. The van der Waals surface area contributed by atoms with Crippen molar-refractivity contribution in [2.24, 2.45) is 17.8 Å². The minimum absolute atomic E-state index is 0. The van der Waals surface area contributed by atoms with E-state index < -0.39 is 36.2 Å². The summed E-state index contributed by atoms with van der Waals surface area (Å²) < 4.78 is 0. The first-order chi connectivity index (χ1) is 19.4. The van der Waals surface area contributed by atoms with Gasteiger partial charge >= 0.3 is 51.7 Å². The minimum atomic E-state index is -0.893. The van der Waals surface area contributed by atoms with Gasteiger partial charge in [-0.1, -0.05) is 122 Å². The molecule has 0 amide bonds. The van der Waals surface area contributed by atoms with Crippen LogP contribution in [-0.2, 0) is 14.4 Å². The molecule has 3 atom stereocenters. The van der Waals surface area contributed by atoms with Gasteiger partial charge in [0.1, 0.15) is 0 Å². The second-order valence-corrected chi connectivity index (χ2v) is 10.8. The Labute approximate surface area is 309 Å². The van der Waals surface area contributed by atoms with Crippen LogP contribution in [0.1, 0.15) is 160 Å². The van der Waals surface area contributed by atoms with E-state index in [0.29, 0.717) is 19.3 Å². The van der Waals surface area contributed by atoms with Crippen LogP contribution in [0.15, 0.2) is 0 Å². The molecule has 0 spiro atoms. The van der Waals surface area contributed by atoms with Crippen molar-refractivity contribution in [3.8, 4) is 0 Å². The second-order valence-electron chi connectivity index (χ2n) is 10.8. The molecule has 0 aromatic rings. The largest absolute Gasteiger partial charge is 3.00 e. The normalized spacial score (nSPS) is 11.3. The van der Waals surface area contributed by atoms with Crippen molar-refractivity contribution >= 4 is 69.6 Å². The number of rotatable bonds is 15. The second kappa shape index (κ2) is 49.9. The molecule has 0 aliphatic rings. The third-order valence-corrected chi connectivity index (χ3v) is 5.20. The Balaban J connectivity index is -0.0000000611. The molecule has 0 rings (SSSR count). The van der Waals surface area contributed by atoms with Crippen molar-refractivity contribution < 1.29 is 45.0 Å². The van der Waals surface area contributed by atoms with Gasteiger partial charge in [0.15, 0.2) is 0 Å². The molecule has 0 aliphatic carbocycles. The van der Waals surface area contributed by atoms with Crippen molar-refractivity contribution in [1.29, 1.82) is 0 Å². The molecular weight excluding hydrogens is 770 g/mol. The van der Waals surface area contributed by atoms with Gasteiger partial charge in [0, 0.05) is 17.9 Å². The predicted molar refractivity (Wildman–Crippen MR) is 172 cm³/mol. The van der Waals surface area contributed by atoms with Crippen LogP contribution in [0, 0.1) is 17.8 Å². The Kier molecular flexibility index (Phi) is 71.2. The maximum Gasteiger partial charge on any atom is 3.00 e. The van der Waals surface area contributed by atoms with Crippen LogP contribution in [-0.4, -0.2) is 87.9 Å². The first-order valence-corrected chi connectivity index (χ1v) is 16.0. The molecule has 0 saturated heterocycles. The van der Waals surface area contributed by atoms with E-state index in [1.807, 2.05) is 20.8 Å². The van der Waals surface area contributed by atoms with Crippen molar-refractivity contribution in [2.45, 2.75) is 178 Å². The minimum Gasteiger partial charge on any atom is -0.852 e. The zero-order chi connectivity index (χ0) is 34.7. The molecule has 258 valence electrons. The van der Waals surface area contributed by atoms with E-state index in [0.717, 1.165) is 57.8 Å². The van der Waals surface area contributed by atoms with E-state index in [2.05, 4.69) is 20.8 Å². The molecule has 0 aromatic heterocycles. The number of carbonyl (C=O) groups excluding carboxylic acids is 3. The zero-order valence-corrected chi connectivity index (χ0v) is 36.9. The first-order valence-electron chi connectivity index (χ1n) is 16.0. The van der Waals surface area contributed by atoms with Crippen LogP contribution in [0.2, 0.25) is 0 Å². The fraction of sp³-hybridized carbons (Fsp3) is 0.909. The Morgan fingerprint density at radius 1 is 0.432 bits per heavy atom. The third-order valence-electron chi connectivity index (χ3n) is 5.20. The molecule has 0 fully saturated rings. The van der Waals surface area contributed by atoms with Gasteiger partial charge in [0.05, 0.1) is 0 Å². The topological polar surface area (TPSA) is 190 Å². The predicted octanol–water partition coefficient (Wildman–Crippen LogP) is 1.36. The average Bonchev–Trinajstić information content (AvgIpc) is 2.85. The van der Waals surface area contributed by atoms with Crippen LogP contribution < -0.4 is 30.6 Å². The summed E-state index contributed by atoms with van der Waals surface area (Å²) in [5.74, 6) is -3.34. The van der Waals surface area contributed by atoms with Gasteiger partial charge in [-0.15, -0.1) is 18.3 Å². The number of hydrogen-bond donors (Lipinski definition) is 0. The summed E-state index contributed by atoms with van der Waals surface area (Å²) in [5, 5.41) is 59.6. The number of unbranched alkanes of at least 4 members (excludes halogenated alkanes) is 3. The zero-order valence-electron chi connectivity index (χ0n) is 30.3. The molecule has 0 bridgehead atoms. The van der Waals surface area contributed by atoms with Gasteiger partial charge in [-0.25, -0.2) is 0 Å². The summed E-state index contributed by atoms with van der Waals surface area (Å²) in [6.07, 6.45) is 9.32. The first kappa shape index (κ1) is 62.8. The average molecular weight is 837 g/mol. The van der Waals surface area contributed by atoms with Crippen LogP contribution in [0.4, 0.5) is 0 Å². The molecule has 0 saturated carbocycles. The van der Waals surface area contributed by atoms with E-state index >= 15 is 0 Å². The number of carboxylic acid groups (broad SMARTS) is 3. The van der Waals surface area contributed by atoms with Gasteiger partial charge in [-0.05, 0) is 56.3 Å².